The Bertz CT molecular complexity index is 565. The minimum absolute atomic E-state index is 0.0296. The first-order chi connectivity index (χ1) is 10.6. The van der Waals surface area contributed by atoms with Crippen LogP contribution < -0.4 is 10.5 Å². The summed E-state index contributed by atoms with van der Waals surface area (Å²) in [6.07, 6.45) is 0. The molecule has 0 atom stereocenters. The third-order valence-electron chi connectivity index (χ3n) is 1.63. The summed E-state index contributed by atoms with van der Waals surface area (Å²) in [6, 6.07) is 4.88. The third kappa shape index (κ3) is 7.21. The van der Waals surface area contributed by atoms with Crippen molar-refractivity contribution < 1.29 is 34.2 Å². The van der Waals surface area contributed by atoms with Crippen LogP contribution in [0.1, 0.15) is 0 Å². The Hall–Kier alpha value is -0.450. The van der Waals surface area contributed by atoms with Gasteiger partial charge in [-0.15, -0.1) is 22.7 Å². The van der Waals surface area contributed by atoms with Gasteiger partial charge >= 0.3 is 0 Å². The van der Waals surface area contributed by atoms with Gasteiger partial charge in [-0.1, -0.05) is 17.7 Å². The molecule has 122 valence electrons. The maximum atomic E-state index is 10.3. The van der Waals surface area contributed by atoms with E-state index in [1.807, 2.05) is 17.5 Å². The zero-order chi connectivity index (χ0) is 16.4. The summed E-state index contributed by atoms with van der Waals surface area (Å²) in [4.78, 5) is 9.67. The quantitative estimate of drug-likeness (QED) is 0.293. The molecule has 2 heterocycles. The molecule has 0 spiro atoms. The highest BCUT2D eigenvalue weighted by Gasteiger charge is 2.17. The molecule has 0 aliphatic rings. The monoisotopic (exact) mass is 405 g/mol. The molecular weight excluding hydrogens is 402 g/mol. The minimum atomic E-state index is -0.624. The van der Waals surface area contributed by atoms with Crippen LogP contribution >= 0.6 is 58.4 Å². The van der Waals surface area contributed by atoms with E-state index in [2.05, 4.69) is 18.7 Å². The fraction of sp³-hybridized carbons (Fsp3) is 0. The average Bonchev–Trinajstić information content (AvgIpc) is 3.13. The van der Waals surface area contributed by atoms with E-state index in [0.29, 0.717) is 16.3 Å². The molecule has 0 aliphatic heterocycles. The van der Waals surface area contributed by atoms with E-state index in [-0.39, 0.29) is 10.0 Å². The maximum Gasteiger partial charge on any atom is 0.299 e. The summed E-state index contributed by atoms with van der Waals surface area (Å²) in [6.45, 7) is 0. The van der Waals surface area contributed by atoms with Gasteiger partial charge in [0, 0.05) is 6.07 Å². The van der Waals surface area contributed by atoms with Crippen molar-refractivity contribution in [2.75, 3.05) is 0 Å². The minimum Gasteiger partial charge on any atom is -0.691 e. The number of nitrogens with zero attached hydrogens (tertiary/aromatic N) is 1. The molecule has 0 unspecified atom stereocenters. The molecule has 14 heteroatoms. The summed E-state index contributed by atoms with van der Waals surface area (Å²) < 4.78 is 9.30. The number of nitro groups is 1. The lowest BCUT2D eigenvalue weighted by molar-refractivity contribution is -0.777. The number of halogens is 1. The van der Waals surface area contributed by atoms with E-state index in [9.17, 15) is 20.6 Å². The Balaban J connectivity index is 0.000000235. The topological polar surface area (TPSA) is 126 Å². The molecule has 9 nitrogen and oxygen atoms in total. The van der Waals surface area contributed by atoms with Gasteiger partial charge in [0.2, 0.25) is 0 Å². The third-order valence-corrected chi connectivity index (χ3v) is 5.20. The molecule has 22 heavy (non-hydrogen) atoms. The van der Waals surface area contributed by atoms with Gasteiger partial charge in [-0.25, -0.2) is 0 Å². The Morgan fingerprint density at radius 1 is 1.18 bits per heavy atom. The summed E-state index contributed by atoms with van der Waals surface area (Å²) >= 11 is 9.39. The molecule has 0 radical (unpaired) electrons. The smallest absolute Gasteiger partial charge is 0.299 e. The van der Waals surface area contributed by atoms with Crippen molar-refractivity contribution in [1.29, 1.82) is 0 Å². The van der Waals surface area contributed by atoms with Crippen LogP contribution in [-0.2, 0) is 18.7 Å². The van der Waals surface area contributed by atoms with Gasteiger partial charge in [0.15, 0.2) is 4.34 Å². The zero-order valence-corrected chi connectivity index (χ0v) is 14.1. The normalized spacial score (nSPS) is 10.1. The van der Waals surface area contributed by atoms with Crippen LogP contribution in [0.15, 0.2) is 32.0 Å². The maximum absolute atomic E-state index is 10.3. The summed E-state index contributed by atoms with van der Waals surface area (Å²) in [7, 11) is 0. The average molecular weight is 406 g/mol. The Labute approximate surface area is 144 Å². The predicted molar refractivity (Wildman–Crippen MR) is 76.4 cm³/mol. The van der Waals surface area contributed by atoms with Gasteiger partial charge in [-0.2, -0.15) is 8.67 Å². The Kier molecular flexibility index (Phi) is 9.92. The first kappa shape index (κ1) is 19.6. The molecule has 2 aromatic rings. The van der Waals surface area contributed by atoms with Crippen LogP contribution in [0.5, 0.6) is 0 Å². The van der Waals surface area contributed by atoms with Crippen molar-refractivity contribution in [2.24, 2.45) is 0 Å². The molecular formula is C8H4ClNO8S4-2. The van der Waals surface area contributed by atoms with Gasteiger partial charge in [-0.05, 0) is 11.4 Å². The number of rotatable bonds is 7. The molecule has 0 aliphatic carbocycles. The van der Waals surface area contributed by atoms with Crippen LogP contribution in [-0.4, -0.2) is 4.92 Å². The van der Waals surface area contributed by atoms with Crippen molar-refractivity contribution in [1.82, 2.24) is 0 Å². The van der Waals surface area contributed by atoms with Gasteiger partial charge in [0.25, 0.3) is 5.69 Å². The molecule has 0 bridgehead atoms. The van der Waals surface area contributed by atoms with E-state index < -0.39 is 4.92 Å². The SMILES string of the molecule is O=[N+]([O-])c1cc(SOO[O-])sc1Cl.[O-]OOSc1cccs1. The van der Waals surface area contributed by atoms with Crippen LogP contribution in [0, 0.1) is 10.1 Å². The molecule has 2 aromatic heterocycles. The van der Waals surface area contributed by atoms with Crippen molar-refractivity contribution >= 4 is 64.0 Å². The standard InChI is InChI=1S/C4H2ClNO5S2.C4H4O3S2/c5-4-2(6(7)8)1-3(12-4)13-11-10-9;5-6-7-9-4-2-1-3-8-4/h1,9H;1-3,5H/p-2. The second-order valence-electron chi connectivity index (χ2n) is 2.85. The van der Waals surface area contributed by atoms with E-state index in [1.54, 1.807) is 0 Å². The highest BCUT2D eigenvalue weighted by atomic mass is 35.5. The Morgan fingerprint density at radius 2 is 1.82 bits per heavy atom. The highest BCUT2D eigenvalue weighted by molar-refractivity contribution is 7.96. The predicted octanol–water partition coefficient (Wildman–Crippen LogP) is 2.52. The summed E-state index contributed by atoms with van der Waals surface area (Å²) in [5.74, 6) is 0. The lowest BCUT2D eigenvalue weighted by Gasteiger charge is -1.99. The fourth-order valence-electron chi connectivity index (χ4n) is 0.910. The van der Waals surface area contributed by atoms with Crippen molar-refractivity contribution in [2.45, 2.75) is 8.42 Å². The van der Waals surface area contributed by atoms with E-state index in [1.165, 1.54) is 17.4 Å². The van der Waals surface area contributed by atoms with Crippen molar-refractivity contribution in [3.63, 3.8) is 0 Å². The fourth-order valence-corrected chi connectivity index (χ4v) is 3.81. The van der Waals surface area contributed by atoms with Gasteiger partial charge in [-0.3, -0.25) is 20.2 Å². The van der Waals surface area contributed by atoms with E-state index in [4.69, 9.17) is 11.6 Å². The molecule has 0 saturated carbocycles. The number of thiophene rings is 2. The summed E-state index contributed by atoms with van der Waals surface area (Å²) in [5.41, 5.74) is -0.219. The van der Waals surface area contributed by atoms with Gasteiger partial charge < -0.3 is 10.5 Å². The largest absolute Gasteiger partial charge is 0.691 e. The zero-order valence-electron chi connectivity index (χ0n) is 10.0. The van der Waals surface area contributed by atoms with Gasteiger partial charge in [0.05, 0.1) is 37.4 Å². The van der Waals surface area contributed by atoms with Crippen LogP contribution in [0.4, 0.5) is 5.69 Å². The first-order valence-corrected chi connectivity index (χ1v) is 8.37. The van der Waals surface area contributed by atoms with Crippen molar-refractivity contribution in [3.05, 3.63) is 38.0 Å². The van der Waals surface area contributed by atoms with Crippen LogP contribution in [0.2, 0.25) is 4.34 Å². The molecule has 2 rings (SSSR count). The first-order valence-electron chi connectivity index (χ1n) is 4.82. The van der Waals surface area contributed by atoms with Crippen LogP contribution in [0.25, 0.3) is 0 Å². The van der Waals surface area contributed by atoms with E-state index >= 15 is 0 Å². The van der Waals surface area contributed by atoms with E-state index in [0.717, 1.165) is 27.6 Å². The molecule has 0 saturated heterocycles. The molecule has 0 amide bonds. The highest BCUT2D eigenvalue weighted by Crippen LogP contribution is 2.39. The Morgan fingerprint density at radius 3 is 2.27 bits per heavy atom. The molecule has 0 aromatic carbocycles. The van der Waals surface area contributed by atoms with Crippen LogP contribution in [0.3, 0.4) is 0 Å². The lowest BCUT2D eigenvalue weighted by Crippen LogP contribution is -2.00. The van der Waals surface area contributed by atoms with Crippen molar-refractivity contribution in [3.8, 4) is 0 Å². The second kappa shape index (κ2) is 11.1. The summed E-state index contributed by atoms with van der Waals surface area (Å²) in [5, 5.41) is 37.1. The molecule has 0 N–H and O–H groups in total. The number of hydrogen-bond acceptors (Lipinski definition) is 12. The van der Waals surface area contributed by atoms with Gasteiger partial charge in [0.1, 0.15) is 0 Å². The molecule has 0 fully saturated rings. The lowest BCUT2D eigenvalue weighted by atomic mass is 10.6. The number of hydrogen-bond donors (Lipinski definition) is 0. The second-order valence-corrected chi connectivity index (χ2v) is 7.46.